The van der Waals surface area contributed by atoms with Crippen molar-refractivity contribution in [1.82, 2.24) is 0 Å². The zero-order valence-electron chi connectivity index (χ0n) is 26.5. The Kier molecular flexibility index (Phi) is 8.77. The van der Waals surface area contributed by atoms with E-state index in [0.717, 1.165) is 33.8 Å². The summed E-state index contributed by atoms with van der Waals surface area (Å²) >= 11 is 0. The summed E-state index contributed by atoms with van der Waals surface area (Å²) in [6.45, 7) is 8.97. The second-order valence-corrected chi connectivity index (χ2v) is 12.7. The maximum absolute atomic E-state index is 12.5. The number of rotatable bonds is 9. The van der Waals surface area contributed by atoms with Crippen LogP contribution in [0.25, 0.3) is 0 Å². The number of aromatic carboxylic acids is 3. The molecule has 0 aromatic heterocycles. The fraction of sp³-hybridized carbons (Fsp3) is 0.323. The highest BCUT2D eigenvalue weighted by Crippen LogP contribution is 2.57. The molecule has 0 saturated carbocycles. The Balaban J connectivity index is 2.30. The van der Waals surface area contributed by atoms with Crippen LogP contribution in [-0.2, 0) is 16.6 Å². The van der Waals surface area contributed by atoms with E-state index in [4.69, 9.17) is 9.47 Å². The van der Waals surface area contributed by atoms with Gasteiger partial charge in [0.25, 0.3) is 0 Å². The van der Waals surface area contributed by atoms with E-state index in [1.165, 1.54) is 0 Å². The van der Waals surface area contributed by atoms with Gasteiger partial charge in [0.2, 0.25) is 11.5 Å². The van der Waals surface area contributed by atoms with Crippen LogP contribution in [0.1, 0.15) is 96.2 Å². The summed E-state index contributed by atoms with van der Waals surface area (Å²) in [6.07, 6.45) is 0. The molecule has 3 rings (SSSR count). The molecule has 17 heteroatoms. The zero-order chi connectivity index (χ0) is 37.2. The van der Waals surface area contributed by atoms with Crippen LogP contribution >= 0.6 is 0 Å². The molecule has 0 unspecified atom stereocenters. The van der Waals surface area contributed by atoms with E-state index < -0.39 is 126 Å². The Labute approximate surface area is 271 Å². The van der Waals surface area contributed by atoms with Crippen LogP contribution in [-0.4, -0.2) is 79.2 Å². The molecule has 3 aromatic carbocycles. The monoisotopic (exact) mass is 678 g/mol. The van der Waals surface area contributed by atoms with Gasteiger partial charge in [0.15, 0.2) is 51.6 Å². The van der Waals surface area contributed by atoms with Crippen molar-refractivity contribution >= 4 is 17.9 Å². The van der Waals surface area contributed by atoms with Gasteiger partial charge in [0, 0.05) is 5.56 Å². The molecule has 17 nitrogen and oxygen atoms in total. The van der Waals surface area contributed by atoms with Gasteiger partial charge in [-0.25, -0.2) is 14.4 Å². The molecule has 0 aliphatic rings. The standard InChI is InChI=1S/C31H34O17/c1-29(2,3)9-8-10(32)24(13(16(9)33)28(45)46)47-30(4,5)14-11(26(41)42)19(36)25(23(40)20(14)37)48-31(6,7)15-21(38)17(34)12(27(43)44)18(35)22(15)39/h8,32-40H,1-7H3,(H,41,42)(H,43,44)(H,45,46). The molecule has 0 atom stereocenters. The first kappa shape index (κ1) is 36.3. The predicted molar refractivity (Wildman–Crippen MR) is 161 cm³/mol. The molecular formula is C31H34O17. The first-order valence-electron chi connectivity index (χ1n) is 13.7. The van der Waals surface area contributed by atoms with Crippen LogP contribution in [0.5, 0.6) is 63.2 Å². The van der Waals surface area contributed by atoms with E-state index >= 15 is 0 Å². The summed E-state index contributed by atoms with van der Waals surface area (Å²) in [6, 6.07) is 1.02. The smallest absolute Gasteiger partial charge is 0.343 e. The molecular weight excluding hydrogens is 644 g/mol. The van der Waals surface area contributed by atoms with E-state index in [-0.39, 0.29) is 5.56 Å². The molecule has 3 aromatic rings. The Morgan fingerprint density at radius 3 is 1.29 bits per heavy atom. The summed E-state index contributed by atoms with van der Waals surface area (Å²) in [5, 5.41) is 125. The molecule has 0 aliphatic heterocycles. The first-order chi connectivity index (χ1) is 21.7. The minimum absolute atomic E-state index is 0.00680. The topological polar surface area (TPSA) is 312 Å². The molecule has 0 fully saturated rings. The first-order valence-corrected chi connectivity index (χ1v) is 13.7. The van der Waals surface area contributed by atoms with Crippen molar-refractivity contribution in [1.29, 1.82) is 0 Å². The van der Waals surface area contributed by atoms with Gasteiger partial charge >= 0.3 is 17.9 Å². The van der Waals surface area contributed by atoms with Crippen LogP contribution in [0.15, 0.2) is 6.07 Å². The zero-order valence-corrected chi connectivity index (χ0v) is 26.5. The molecule has 0 spiro atoms. The van der Waals surface area contributed by atoms with Crippen molar-refractivity contribution in [3.63, 3.8) is 0 Å². The minimum atomic E-state index is -2.28. The quantitative estimate of drug-likeness (QED) is 0.112. The van der Waals surface area contributed by atoms with E-state index in [0.29, 0.717) is 0 Å². The minimum Gasteiger partial charge on any atom is -0.507 e. The highest BCUT2D eigenvalue weighted by molar-refractivity contribution is 5.98. The number of carboxylic acid groups (broad SMARTS) is 3. The number of aromatic hydroxyl groups is 9. The Hall–Kier alpha value is -6.13. The number of hydrogen-bond acceptors (Lipinski definition) is 14. The van der Waals surface area contributed by atoms with Gasteiger partial charge in [-0.1, -0.05) is 20.8 Å². The third kappa shape index (κ3) is 5.80. The normalized spacial score (nSPS) is 12.1. The summed E-state index contributed by atoms with van der Waals surface area (Å²) in [4.78, 5) is 36.1. The van der Waals surface area contributed by atoms with Gasteiger partial charge in [-0.2, -0.15) is 0 Å². The Morgan fingerprint density at radius 2 is 0.875 bits per heavy atom. The number of phenolic OH excluding ortho intramolecular Hbond substituents is 5. The molecule has 0 bridgehead atoms. The van der Waals surface area contributed by atoms with Gasteiger partial charge in [-0.15, -0.1) is 0 Å². The van der Waals surface area contributed by atoms with Gasteiger partial charge in [-0.05, 0) is 39.2 Å². The van der Waals surface area contributed by atoms with E-state index in [1.807, 2.05) is 0 Å². The maximum Gasteiger partial charge on any atom is 0.343 e. The predicted octanol–water partition coefficient (Wildman–Crippen LogP) is 4.06. The van der Waals surface area contributed by atoms with E-state index in [9.17, 15) is 75.7 Å². The second-order valence-electron chi connectivity index (χ2n) is 12.7. The van der Waals surface area contributed by atoms with Gasteiger partial charge in [0.05, 0.1) is 11.1 Å². The number of ether oxygens (including phenoxy) is 2. The fourth-order valence-corrected chi connectivity index (χ4v) is 5.18. The summed E-state index contributed by atoms with van der Waals surface area (Å²) in [7, 11) is 0. The van der Waals surface area contributed by atoms with Crippen molar-refractivity contribution in [2.75, 3.05) is 0 Å². The van der Waals surface area contributed by atoms with Crippen LogP contribution in [0, 0.1) is 0 Å². The summed E-state index contributed by atoms with van der Waals surface area (Å²) in [5.74, 6) is -18.9. The highest BCUT2D eigenvalue weighted by atomic mass is 16.5. The van der Waals surface area contributed by atoms with Crippen molar-refractivity contribution in [2.24, 2.45) is 0 Å². The maximum atomic E-state index is 12.5. The SMILES string of the molecule is CC(C)(C)c1cc(O)c(OC(C)(C)c2c(O)c(O)c(OC(C)(C)c3c(O)c(O)c(C(=O)O)c(O)c3O)c(O)c2C(=O)O)c(C(=O)O)c1O. The van der Waals surface area contributed by atoms with Crippen LogP contribution < -0.4 is 9.47 Å². The number of phenols is 9. The summed E-state index contributed by atoms with van der Waals surface area (Å²) in [5.41, 5.74) is -10.6. The van der Waals surface area contributed by atoms with E-state index in [1.54, 1.807) is 20.8 Å². The number of hydrogen-bond donors (Lipinski definition) is 12. The van der Waals surface area contributed by atoms with Gasteiger partial charge in [0.1, 0.15) is 28.1 Å². The second kappa shape index (κ2) is 11.6. The number of carboxylic acids is 3. The Morgan fingerprint density at radius 1 is 0.479 bits per heavy atom. The molecule has 0 heterocycles. The third-order valence-electron chi connectivity index (χ3n) is 7.37. The molecule has 12 N–H and O–H groups in total. The average Bonchev–Trinajstić information content (AvgIpc) is 2.92. The van der Waals surface area contributed by atoms with Crippen molar-refractivity contribution in [3.8, 4) is 63.2 Å². The van der Waals surface area contributed by atoms with Crippen molar-refractivity contribution in [2.45, 2.75) is 65.1 Å². The van der Waals surface area contributed by atoms with E-state index in [2.05, 4.69) is 0 Å². The molecule has 0 aliphatic carbocycles. The fourth-order valence-electron chi connectivity index (χ4n) is 5.18. The van der Waals surface area contributed by atoms with Gasteiger partial charge in [-0.3, -0.25) is 0 Å². The third-order valence-corrected chi connectivity index (χ3v) is 7.37. The molecule has 260 valence electrons. The largest absolute Gasteiger partial charge is 0.507 e. The molecule has 0 amide bonds. The lowest BCUT2D eigenvalue weighted by molar-refractivity contribution is 0.0613. The lowest BCUT2D eigenvalue weighted by atomic mass is 9.84. The number of benzene rings is 3. The summed E-state index contributed by atoms with van der Waals surface area (Å²) < 4.78 is 11.2. The highest BCUT2D eigenvalue weighted by Gasteiger charge is 2.43. The molecule has 48 heavy (non-hydrogen) atoms. The van der Waals surface area contributed by atoms with Crippen LogP contribution in [0.2, 0.25) is 0 Å². The van der Waals surface area contributed by atoms with Gasteiger partial charge < -0.3 is 70.8 Å². The van der Waals surface area contributed by atoms with Crippen LogP contribution in [0.3, 0.4) is 0 Å². The van der Waals surface area contributed by atoms with Crippen LogP contribution in [0.4, 0.5) is 0 Å². The molecule has 0 radical (unpaired) electrons. The van der Waals surface area contributed by atoms with Crippen molar-refractivity contribution < 1.29 is 85.1 Å². The lowest BCUT2D eigenvalue weighted by Gasteiger charge is -2.33. The Bertz CT molecular complexity index is 1850. The number of carbonyl (C=O) groups is 3. The average molecular weight is 679 g/mol. The van der Waals surface area contributed by atoms with Crippen molar-refractivity contribution in [3.05, 3.63) is 39.4 Å². The molecule has 0 saturated heterocycles. The lowest BCUT2D eigenvalue weighted by Crippen LogP contribution is -2.30.